The van der Waals surface area contributed by atoms with Crippen molar-refractivity contribution in [1.29, 1.82) is 0 Å². The van der Waals surface area contributed by atoms with E-state index in [0.717, 1.165) is 37.6 Å². The van der Waals surface area contributed by atoms with Crippen molar-refractivity contribution in [1.82, 2.24) is 5.32 Å². The van der Waals surface area contributed by atoms with Gasteiger partial charge in [0.05, 0.1) is 0 Å². The summed E-state index contributed by atoms with van der Waals surface area (Å²) in [5, 5.41) is 3.96. The molecule has 0 saturated carbocycles. The Kier molecular flexibility index (Phi) is 6.50. The number of benzene rings is 1. The zero-order valence-corrected chi connectivity index (χ0v) is 13.0. The predicted molar refractivity (Wildman–Crippen MR) is 82.1 cm³/mol. The van der Waals surface area contributed by atoms with Crippen molar-refractivity contribution in [2.75, 3.05) is 40.0 Å². The van der Waals surface area contributed by atoms with Gasteiger partial charge in [-0.3, -0.25) is 0 Å². The molecule has 1 aromatic carbocycles. The second kappa shape index (κ2) is 8.39. The van der Waals surface area contributed by atoms with Crippen molar-refractivity contribution in [2.45, 2.75) is 23.5 Å². The average molecular weight is 297 g/mol. The first-order valence-corrected chi connectivity index (χ1v) is 7.93. The molecule has 112 valence electrons. The first kappa shape index (κ1) is 15.5. The van der Waals surface area contributed by atoms with Crippen LogP contribution in [0.15, 0.2) is 23.1 Å². The van der Waals surface area contributed by atoms with Crippen LogP contribution in [0.1, 0.15) is 13.3 Å². The molecule has 1 aliphatic heterocycles. The van der Waals surface area contributed by atoms with Gasteiger partial charge < -0.3 is 19.5 Å². The van der Waals surface area contributed by atoms with Crippen molar-refractivity contribution in [2.24, 2.45) is 0 Å². The quantitative estimate of drug-likeness (QED) is 0.590. The minimum Gasteiger partial charge on any atom is -0.486 e. The van der Waals surface area contributed by atoms with Crippen molar-refractivity contribution >= 4 is 11.8 Å². The summed E-state index contributed by atoms with van der Waals surface area (Å²) < 4.78 is 16.2. The van der Waals surface area contributed by atoms with Crippen LogP contribution >= 0.6 is 11.8 Å². The molecule has 0 saturated heterocycles. The van der Waals surface area contributed by atoms with E-state index in [1.54, 1.807) is 7.11 Å². The molecule has 20 heavy (non-hydrogen) atoms. The minimum absolute atomic E-state index is 0.514. The van der Waals surface area contributed by atoms with Crippen LogP contribution in [-0.2, 0) is 4.74 Å². The van der Waals surface area contributed by atoms with E-state index in [1.165, 1.54) is 4.90 Å². The third kappa shape index (κ3) is 4.89. The molecule has 0 aromatic heterocycles. The molecule has 1 heterocycles. The van der Waals surface area contributed by atoms with Gasteiger partial charge in [0.2, 0.25) is 0 Å². The molecule has 0 bridgehead atoms. The molecule has 0 aliphatic carbocycles. The van der Waals surface area contributed by atoms with Gasteiger partial charge in [-0.2, -0.15) is 0 Å². The van der Waals surface area contributed by atoms with Crippen LogP contribution in [-0.4, -0.2) is 45.3 Å². The smallest absolute Gasteiger partial charge is 0.162 e. The normalized spacial score (nSPS) is 15.1. The molecule has 1 N–H and O–H groups in total. The summed E-state index contributed by atoms with van der Waals surface area (Å²) in [6.45, 7) is 6.31. The van der Waals surface area contributed by atoms with Crippen LogP contribution in [0.25, 0.3) is 0 Å². The number of hydrogen-bond donors (Lipinski definition) is 1. The van der Waals surface area contributed by atoms with E-state index >= 15 is 0 Å². The van der Waals surface area contributed by atoms with Crippen molar-refractivity contribution in [3.63, 3.8) is 0 Å². The first-order valence-electron chi connectivity index (χ1n) is 7.05. The van der Waals surface area contributed by atoms with Gasteiger partial charge >= 0.3 is 0 Å². The van der Waals surface area contributed by atoms with E-state index in [-0.39, 0.29) is 0 Å². The van der Waals surface area contributed by atoms with Gasteiger partial charge in [0.15, 0.2) is 11.5 Å². The fourth-order valence-corrected chi connectivity index (χ4v) is 3.01. The number of hydrogen-bond acceptors (Lipinski definition) is 5. The number of ether oxygens (including phenoxy) is 3. The maximum Gasteiger partial charge on any atom is 0.162 e. The lowest BCUT2D eigenvalue weighted by Gasteiger charge is -2.19. The molecule has 1 aliphatic rings. The molecule has 1 aromatic rings. The van der Waals surface area contributed by atoms with Crippen LogP contribution in [0.5, 0.6) is 11.5 Å². The molecule has 0 radical (unpaired) electrons. The van der Waals surface area contributed by atoms with Gasteiger partial charge in [-0.1, -0.05) is 6.92 Å². The topological polar surface area (TPSA) is 39.7 Å². The van der Waals surface area contributed by atoms with Crippen molar-refractivity contribution < 1.29 is 14.2 Å². The van der Waals surface area contributed by atoms with Crippen molar-refractivity contribution in [3.05, 3.63) is 18.2 Å². The lowest BCUT2D eigenvalue weighted by Crippen LogP contribution is -2.24. The van der Waals surface area contributed by atoms with E-state index in [9.17, 15) is 0 Å². The summed E-state index contributed by atoms with van der Waals surface area (Å²) in [6, 6.07) is 6.16. The van der Waals surface area contributed by atoms with E-state index < -0.39 is 0 Å². The Balaban J connectivity index is 1.75. The number of nitrogens with one attached hydrogen (secondary N) is 1. The van der Waals surface area contributed by atoms with Gasteiger partial charge in [0, 0.05) is 30.4 Å². The van der Waals surface area contributed by atoms with Gasteiger partial charge in [-0.15, -0.1) is 11.8 Å². The maximum absolute atomic E-state index is 5.60. The Labute approximate surface area is 125 Å². The number of thioether (sulfide) groups is 1. The summed E-state index contributed by atoms with van der Waals surface area (Å²) in [5.41, 5.74) is 0. The standard InChI is InChI=1S/C15H23NO3S/c1-12(11-16-6-3-7-17-2)20-13-4-5-14-15(10-13)19-9-8-18-14/h4-5,10,12,16H,3,6-9,11H2,1-2H3. The van der Waals surface area contributed by atoms with E-state index in [0.29, 0.717) is 18.5 Å². The lowest BCUT2D eigenvalue weighted by molar-refractivity contribution is 0.171. The van der Waals surface area contributed by atoms with Crippen LogP contribution in [0.2, 0.25) is 0 Å². The van der Waals surface area contributed by atoms with E-state index in [1.807, 2.05) is 17.8 Å². The monoisotopic (exact) mass is 297 g/mol. The predicted octanol–water partition coefficient (Wildman–Crippen LogP) is 2.56. The van der Waals surface area contributed by atoms with Crippen LogP contribution in [0, 0.1) is 0 Å². The minimum atomic E-state index is 0.514. The number of fused-ring (bicyclic) bond motifs is 1. The summed E-state index contributed by atoms with van der Waals surface area (Å²) in [6.07, 6.45) is 1.05. The van der Waals surface area contributed by atoms with Crippen LogP contribution in [0.3, 0.4) is 0 Å². The zero-order valence-electron chi connectivity index (χ0n) is 12.2. The highest BCUT2D eigenvalue weighted by Gasteiger charge is 2.13. The van der Waals surface area contributed by atoms with E-state index in [4.69, 9.17) is 14.2 Å². The second-order valence-corrected chi connectivity index (χ2v) is 6.30. The highest BCUT2D eigenvalue weighted by atomic mass is 32.2. The van der Waals surface area contributed by atoms with Gasteiger partial charge in [0.1, 0.15) is 13.2 Å². The molecule has 4 nitrogen and oxygen atoms in total. The molecule has 1 atom stereocenters. The lowest BCUT2D eigenvalue weighted by atomic mass is 10.3. The average Bonchev–Trinajstić information content (AvgIpc) is 2.47. The number of rotatable bonds is 8. The molecule has 0 fully saturated rings. The molecule has 0 amide bonds. The Morgan fingerprint density at radius 1 is 1.30 bits per heavy atom. The molecule has 2 rings (SSSR count). The van der Waals surface area contributed by atoms with Gasteiger partial charge in [0.25, 0.3) is 0 Å². The summed E-state index contributed by atoms with van der Waals surface area (Å²) >= 11 is 1.85. The largest absolute Gasteiger partial charge is 0.486 e. The fourth-order valence-electron chi connectivity index (χ4n) is 2.02. The molecule has 1 unspecified atom stereocenters. The Hall–Kier alpha value is -0.910. The Bertz CT molecular complexity index is 414. The van der Waals surface area contributed by atoms with Crippen molar-refractivity contribution in [3.8, 4) is 11.5 Å². The number of methoxy groups -OCH3 is 1. The fraction of sp³-hybridized carbons (Fsp3) is 0.600. The zero-order chi connectivity index (χ0) is 14.2. The highest BCUT2D eigenvalue weighted by molar-refractivity contribution is 8.00. The van der Waals surface area contributed by atoms with Gasteiger partial charge in [-0.25, -0.2) is 0 Å². The Morgan fingerprint density at radius 3 is 2.90 bits per heavy atom. The third-order valence-electron chi connectivity index (χ3n) is 2.98. The molecular formula is C15H23NO3S. The van der Waals surface area contributed by atoms with E-state index in [2.05, 4.69) is 24.4 Å². The molecule has 5 heteroatoms. The van der Waals surface area contributed by atoms with Crippen LogP contribution < -0.4 is 14.8 Å². The summed E-state index contributed by atoms with van der Waals surface area (Å²) in [4.78, 5) is 1.22. The molecule has 0 spiro atoms. The first-order chi connectivity index (χ1) is 9.79. The second-order valence-electron chi connectivity index (χ2n) is 4.78. The third-order valence-corrected chi connectivity index (χ3v) is 4.08. The Morgan fingerprint density at radius 2 is 2.10 bits per heavy atom. The summed E-state index contributed by atoms with van der Waals surface area (Å²) in [7, 11) is 1.74. The molecular weight excluding hydrogens is 274 g/mol. The van der Waals surface area contributed by atoms with Gasteiger partial charge in [-0.05, 0) is 31.2 Å². The van der Waals surface area contributed by atoms with Crippen LogP contribution in [0.4, 0.5) is 0 Å². The SMILES string of the molecule is COCCCNCC(C)Sc1ccc2c(c1)OCCO2. The highest BCUT2D eigenvalue weighted by Crippen LogP contribution is 2.35. The summed E-state index contributed by atoms with van der Waals surface area (Å²) in [5.74, 6) is 1.72. The maximum atomic E-state index is 5.60.